The van der Waals surface area contributed by atoms with Crippen molar-refractivity contribution in [2.45, 2.75) is 32.6 Å². The molecule has 2 heterocycles. The van der Waals surface area contributed by atoms with E-state index in [9.17, 15) is 0 Å². The highest BCUT2D eigenvalue weighted by Crippen LogP contribution is 2.55. The van der Waals surface area contributed by atoms with Gasteiger partial charge in [0.25, 0.3) is 0 Å². The van der Waals surface area contributed by atoms with E-state index in [0.29, 0.717) is 17.2 Å². The second-order valence-corrected chi connectivity index (χ2v) is 5.08. The van der Waals surface area contributed by atoms with Gasteiger partial charge in [-0.25, -0.2) is 4.98 Å². The minimum atomic E-state index is 0.428. The number of aromatic nitrogens is 3. The molecule has 1 aliphatic carbocycles. The minimum Gasteiger partial charge on any atom is -0.384 e. The van der Waals surface area contributed by atoms with E-state index >= 15 is 0 Å². The maximum atomic E-state index is 5.96. The van der Waals surface area contributed by atoms with Gasteiger partial charge in [0.05, 0.1) is 6.20 Å². The lowest BCUT2D eigenvalue weighted by Crippen LogP contribution is -2.11. The van der Waals surface area contributed by atoms with E-state index < -0.39 is 0 Å². The van der Waals surface area contributed by atoms with E-state index in [1.165, 1.54) is 12.8 Å². The van der Waals surface area contributed by atoms with Crippen LogP contribution in [0.25, 0.3) is 5.65 Å². The molecular weight excluding hydrogens is 200 g/mol. The topological polar surface area (TPSA) is 56.2 Å². The molecule has 1 atom stereocenters. The largest absolute Gasteiger partial charge is 0.384 e. The molecule has 1 saturated carbocycles. The normalized spacial score (nSPS) is 19.9. The van der Waals surface area contributed by atoms with Crippen molar-refractivity contribution in [3.8, 4) is 0 Å². The molecule has 84 valence electrons. The zero-order valence-electron chi connectivity index (χ0n) is 9.64. The summed E-state index contributed by atoms with van der Waals surface area (Å²) in [5, 5.41) is 4.13. The Morgan fingerprint density at radius 2 is 2.25 bits per heavy atom. The molecule has 0 bridgehead atoms. The number of hydrogen-bond acceptors (Lipinski definition) is 3. The van der Waals surface area contributed by atoms with Crippen molar-refractivity contribution in [3.63, 3.8) is 0 Å². The first-order valence-corrected chi connectivity index (χ1v) is 5.70. The van der Waals surface area contributed by atoms with Gasteiger partial charge >= 0.3 is 0 Å². The second kappa shape index (κ2) is 2.97. The molecule has 0 radical (unpaired) electrons. The van der Waals surface area contributed by atoms with Crippen molar-refractivity contribution < 1.29 is 0 Å². The van der Waals surface area contributed by atoms with Crippen LogP contribution < -0.4 is 5.73 Å². The van der Waals surface area contributed by atoms with E-state index in [2.05, 4.69) is 23.9 Å². The van der Waals surface area contributed by atoms with Crippen molar-refractivity contribution in [1.29, 1.82) is 0 Å². The standard InChI is InChI=1S/C12H16N4/c1-8(12(2)4-5-12)9-7-10(13)16-11(15-9)3-6-14-16/h3,6-8H,4-5,13H2,1-2H3/t8-/m0/s1. The Morgan fingerprint density at radius 3 is 2.94 bits per heavy atom. The van der Waals surface area contributed by atoms with Crippen LogP contribution in [-0.2, 0) is 0 Å². The van der Waals surface area contributed by atoms with Gasteiger partial charge in [0.1, 0.15) is 5.82 Å². The SMILES string of the molecule is C[C@@H](c1cc(N)n2nccc2n1)C1(C)CC1. The van der Waals surface area contributed by atoms with E-state index in [1.54, 1.807) is 10.7 Å². The molecule has 0 amide bonds. The summed E-state index contributed by atoms with van der Waals surface area (Å²) in [4.78, 5) is 4.62. The summed E-state index contributed by atoms with van der Waals surface area (Å²) >= 11 is 0. The Kier molecular flexibility index (Phi) is 1.79. The van der Waals surface area contributed by atoms with Crippen LogP contribution in [0, 0.1) is 5.41 Å². The highest BCUT2D eigenvalue weighted by Gasteiger charge is 2.43. The van der Waals surface area contributed by atoms with Gasteiger partial charge in [-0.15, -0.1) is 0 Å². The van der Waals surface area contributed by atoms with E-state index in [-0.39, 0.29) is 0 Å². The smallest absolute Gasteiger partial charge is 0.157 e. The lowest BCUT2D eigenvalue weighted by molar-refractivity contribution is 0.460. The fourth-order valence-electron chi connectivity index (χ4n) is 2.17. The van der Waals surface area contributed by atoms with Gasteiger partial charge in [0.2, 0.25) is 0 Å². The van der Waals surface area contributed by atoms with Gasteiger partial charge in [-0.2, -0.15) is 9.61 Å². The molecule has 0 spiro atoms. The summed E-state index contributed by atoms with van der Waals surface area (Å²) < 4.78 is 1.67. The third kappa shape index (κ3) is 1.29. The number of nitrogens with zero attached hydrogens (tertiary/aromatic N) is 3. The Labute approximate surface area is 94.5 Å². The van der Waals surface area contributed by atoms with Crippen LogP contribution in [0.15, 0.2) is 18.3 Å². The molecule has 4 heteroatoms. The highest BCUT2D eigenvalue weighted by molar-refractivity contribution is 5.47. The van der Waals surface area contributed by atoms with Crippen LogP contribution >= 0.6 is 0 Å². The number of nitrogen functional groups attached to an aromatic ring is 1. The summed E-state index contributed by atoms with van der Waals surface area (Å²) in [6, 6.07) is 3.84. The van der Waals surface area contributed by atoms with Gasteiger partial charge in [-0.05, 0) is 18.3 Å². The third-order valence-electron chi connectivity index (χ3n) is 3.93. The minimum absolute atomic E-state index is 0.428. The van der Waals surface area contributed by atoms with Crippen LogP contribution in [0.3, 0.4) is 0 Å². The fourth-order valence-corrected chi connectivity index (χ4v) is 2.17. The van der Waals surface area contributed by atoms with Gasteiger partial charge in [-0.1, -0.05) is 13.8 Å². The first-order valence-electron chi connectivity index (χ1n) is 5.70. The summed E-state index contributed by atoms with van der Waals surface area (Å²) in [6.45, 7) is 4.55. The number of hydrogen-bond donors (Lipinski definition) is 1. The number of anilines is 1. The fraction of sp³-hybridized carbons (Fsp3) is 0.500. The van der Waals surface area contributed by atoms with Gasteiger partial charge in [-0.3, -0.25) is 0 Å². The molecule has 0 aromatic carbocycles. The summed E-state index contributed by atoms with van der Waals surface area (Å²) in [5.41, 5.74) is 8.32. The second-order valence-electron chi connectivity index (χ2n) is 5.08. The molecule has 2 aromatic heterocycles. The van der Waals surface area contributed by atoms with Crippen LogP contribution in [0.2, 0.25) is 0 Å². The molecule has 2 N–H and O–H groups in total. The molecule has 0 saturated heterocycles. The average Bonchev–Trinajstić information content (AvgIpc) is 2.82. The summed E-state index contributed by atoms with van der Waals surface area (Å²) in [6.07, 6.45) is 4.31. The lowest BCUT2D eigenvalue weighted by Gasteiger charge is -2.18. The predicted octanol–water partition coefficient (Wildman–Crippen LogP) is 2.22. The predicted molar refractivity (Wildman–Crippen MR) is 63.2 cm³/mol. The maximum Gasteiger partial charge on any atom is 0.157 e. The Hall–Kier alpha value is -1.58. The van der Waals surface area contributed by atoms with Crippen LogP contribution in [0.1, 0.15) is 38.3 Å². The van der Waals surface area contributed by atoms with Crippen molar-refractivity contribution in [2.24, 2.45) is 5.41 Å². The number of nitrogens with two attached hydrogens (primary N) is 1. The van der Waals surface area contributed by atoms with Gasteiger partial charge in [0.15, 0.2) is 5.65 Å². The van der Waals surface area contributed by atoms with E-state index in [1.807, 2.05) is 12.1 Å². The van der Waals surface area contributed by atoms with Crippen LogP contribution in [0.5, 0.6) is 0 Å². The van der Waals surface area contributed by atoms with Crippen molar-refractivity contribution >= 4 is 11.5 Å². The lowest BCUT2D eigenvalue weighted by atomic mass is 9.89. The molecule has 1 fully saturated rings. The summed E-state index contributed by atoms with van der Waals surface area (Å²) in [5.74, 6) is 1.14. The van der Waals surface area contributed by atoms with Crippen LogP contribution in [0.4, 0.5) is 5.82 Å². The first kappa shape index (κ1) is 9.63. The number of rotatable bonds is 2. The first-order chi connectivity index (χ1) is 7.60. The zero-order chi connectivity index (χ0) is 11.3. The van der Waals surface area contributed by atoms with Crippen molar-refractivity contribution in [1.82, 2.24) is 14.6 Å². The molecule has 16 heavy (non-hydrogen) atoms. The van der Waals surface area contributed by atoms with E-state index in [0.717, 1.165) is 11.3 Å². The Balaban J connectivity index is 2.10. The Bertz CT molecular complexity index is 539. The third-order valence-corrected chi connectivity index (χ3v) is 3.93. The monoisotopic (exact) mass is 216 g/mol. The molecule has 2 aromatic rings. The Morgan fingerprint density at radius 1 is 1.50 bits per heavy atom. The maximum absolute atomic E-state index is 5.96. The molecule has 3 rings (SSSR count). The zero-order valence-corrected chi connectivity index (χ0v) is 9.64. The highest BCUT2D eigenvalue weighted by atomic mass is 15.3. The van der Waals surface area contributed by atoms with E-state index in [4.69, 9.17) is 5.73 Å². The van der Waals surface area contributed by atoms with Gasteiger partial charge in [0, 0.05) is 23.7 Å². The molecule has 4 nitrogen and oxygen atoms in total. The van der Waals surface area contributed by atoms with Crippen molar-refractivity contribution in [2.75, 3.05) is 5.73 Å². The quantitative estimate of drug-likeness (QED) is 0.837. The summed E-state index contributed by atoms with van der Waals surface area (Å²) in [7, 11) is 0. The number of fused-ring (bicyclic) bond motifs is 1. The van der Waals surface area contributed by atoms with Crippen LogP contribution in [-0.4, -0.2) is 14.6 Å². The molecule has 0 unspecified atom stereocenters. The molecular formula is C12H16N4. The molecule has 0 aliphatic heterocycles. The average molecular weight is 216 g/mol. The van der Waals surface area contributed by atoms with Crippen molar-refractivity contribution in [3.05, 3.63) is 24.0 Å². The van der Waals surface area contributed by atoms with Gasteiger partial charge < -0.3 is 5.73 Å². The molecule has 1 aliphatic rings.